The number of methoxy groups -OCH3 is 1. The maximum atomic E-state index is 13.3. The van der Waals surface area contributed by atoms with E-state index >= 15 is 0 Å². The number of anilines is 1. The number of para-hydroxylation sites is 1. The number of hydrogen-bond acceptors (Lipinski definition) is 5. The Labute approximate surface area is 208 Å². The summed E-state index contributed by atoms with van der Waals surface area (Å²) in [6.07, 6.45) is 1.72. The summed E-state index contributed by atoms with van der Waals surface area (Å²) in [7, 11) is 1.09. The zero-order chi connectivity index (χ0) is 25.3. The minimum Gasteiger partial charge on any atom is -0.495 e. The highest BCUT2D eigenvalue weighted by Crippen LogP contribution is 2.28. The molecule has 0 aromatic heterocycles. The van der Waals surface area contributed by atoms with Crippen LogP contribution in [0.15, 0.2) is 83.8 Å². The molecule has 186 valence electrons. The summed E-state index contributed by atoms with van der Waals surface area (Å²) >= 11 is 0. The van der Waals surface area contributed by atoms with Crippen molar-refractivity contribution in [3.8, 4) is 5.75 Å². The fourth-order valence-electron chi connectivity index (χ4n) is 3.70. The average Bonchev–Trinajstić information content (AvgIpc) is 2.88. The largest absolute Gasteiger partial charge is 0.495 e. The number of sulfonamides is 1. The minimum absolute atomic E-state index is 0.0319. The maximum absolute atomic E-state index is 13.3. The van der Waals surface area contributed by atoms with E-state index in [2.05, 4.69) is 22.3 Å². The SMILES string of the molecule is COc1ccc(C(=O)NCCCCN(C)c2ccccc2)cc1S(=O)(=O)N(C)Cc1ccccc1. The zero-order valence-electron chi connectivity index (χ0n) is 20.5. The van der Waals surface area contributed by atoms with Crippen LogP contribution in [0.1, 0.15) is 28.8 Å². The molecule has 0 radical (unpaired) electrons. The highest BCUT2D eigenvalue weighted by Gasteiger charge is 2.26. The number of rotatable bonds is 12. The lowest BCUT2D eigenvalue weighted by molar-refractivity contribution is 0.0953. The third kappa shape index (κ3) is 7.07. The van der Waals surface area contributed by atoms with E-state index in [9.17, 15) is 13.2 Å². The molecule has 0 saturated heterocycles. The number of hydrogen-bond donors (Lipinski definition) is 1. The summed E-state index contributed by atoms with van der Waals surface area (Å²) in [4.78, 5) is 14.9. The number of carbonyl (C=O) groups is 1. The molecule has 1 N–H and O–H groups in total. The maximum Gasteiger partial charge on any atom is 0.251 e. The molecule has 0 fully saturated rings. The third-order valence-corrected chi connectivity index (χ3v) is 7.59. The van der Waals surface area contributed by atoms with Crippen LogP contribution < -0.4 is 15.0 Å². The van der Waals surface area contributed by atoms with E-state index < -0.39 is 10.0 Å². The van der Waals surface area contributed by atoms with Crippen molar-refractivity contribution in [2.24, 2.45) is 0 Å². The average molecular weight is 496 g/mol. The van der Waals surface area contributed by atoms with E-state index in [0.29, 0.717) is 6.54 Å². The van der Waals surface area contributed by atoms with Crippen LogP contribution in [-0.4, -0.2) is 52.9 Å². The molecule has 0 aliphatic carbocycles. The second kappa shape index (κ2) is 12.4. The number of carbonyl (C=O) groups excluding carboxylic acids is 1. The van der Waals surface area contributed by atoms with E-state index in [0.717, 1.165) is 30.6 Å². The van der Waals surface area contributed by atoms with Gasteiger partial charge >= 0.3 is 0 Å². The minimum atomic E-state index is -3.88. The van der Waals surface area contributed by atoms with Crippen LogP contribution in [0, 0.1) is 0 Å². The van der Waals surface area contributed by atoms with Gasteiger partial charge in [-0.15, -0.1) is 0 Å². The number of nitrogens with one attached hydrogen (secondary N) is 1. The van der Waals surface area contributed by atoms with Crippen LogP contribution in [0.25, 0.3) is 0 Å². The first-order valence-corrected chi connectivity index (χ1v) is 13.0. The van der Waals surface area contributed by atoms with Crippen molar-refractivity contribution in [3.05, 3.63) is 90.0 Å². The normalized spacial score (nSPS) is 11.3. The second-order valence-electron chi connectivity index (χ2n) is 8.33. The Morgan fingerprint density at radius 2 is 1.57 bits per heavy atom. The Morgan fingerprint density at radius 1 is 0.914 bits per heavy atom. The molecule has 3 aromatic rings. The zero-order valence-corrected chi connectivity index (χ0v) is 21.3. The molecule has 35 heavy (non-hydrogen) atoms. The molecule has 3 aromatic carbocycles. The lowest BCUT2D eigenvalue weighted by Crippen LogP contribution is -2.28. The van der Waals surface area contributed by atoms with E-state index in [1.807, 2.05) is 55.6 Å². The van der Waals surface area contributed by atoms with Gasteiger partial charge in [-0.25, -0.2) is 8.42 Å². The molecule has 7 nitrogen and oxygen atoms in total. The molecule has 1 amide bonds. The number of benzene rings is 3. The molecule has 0 heterocycles. The predicted molar refractivity (Wildman–Crippen MR) is 139 cm³/mol. The molecule has 3 rings (SSSR count). The Bertz CT molecular complexity index is 1200. The van der Waals surface area contributed by atoms with Gasteiger partial charge in [0.15, 0.2) is 0 Å². The van der Waals surface area contributed by atoms with Gasteiger partial charge in [-0.1, -0.05) is 48.5 Å². The van der Waals surface area contributed by atoms with Crippen LogP contribution in [-0.2, 0) is 16.6 Å². The van der Waals surface area contributed by atoms with Gasteiger partial charge in [0.05, 0.1) is 7.11 Å². The molecule has 0 unspecified atom stereocenters. The van der Waals surface area contributed by atoms with E-state index in [4.69, 9.17) is 4.74 Å². The molecule has 0 aliphatic rings. The molecule has 0 aliphatic heterocycles. The summed E-state index contributed by atoms with van der Waals surface area (Å²) < 4.78 is 33.1. The molecule has 0 saturated carbocycles. The number of amides is 1. The Morgan fingerprint density at radius 3 is 2.23 bits per heavy atom. The number of unbranched alkanes of at least 4 members (excludes halogenated alkanes) is 1. The van der Waals surface area contributed by atoms with Crippen LogP contribution >= 0.6 is 0 Å². The Hall–Kier alpha value is -3.36. The van der Waals surface area contributed by atoms with E-state index in [1.165, 1.54) is 30.6 Å². The Balaban J connectivity index is 1.60. The van der Waals surface area contributed by atoms with Crippen molar-refractivity contribution in [3.63, 3.8) is 0 Å². The first-order valence-electron chi connectivity index (χ1n) is 11.6. The van der Waals surface area contributed by atoms with Gasteiger partial charge in [0.2, 0.25) is 10.0 Å². The monoisotopic (exact) mass is 495 g/mol. The van der Waals surface area contributed by atoms with Crippen LogP contribution in [0.3, 0.4) is 0 Å². The summed E-state index contributed by atoms with van der Waals surface area (Å²) in [6, 6.07) is 24.0. The standard InChI is InChI=1S/C27H33N3O4S/c1-29(24-14-8-5-9-15-24)19-11-10-18-28-27(31)23-16-17-25(34-3)26(20-23)35(32,33)30(2)21-22-12-6-4-7-13-22/h4-9,12-17,20H,10-11,18-19,21H2,1-3H3,(H,28,31). The van der Waals surface area contributed by atoms with E-state index in [-0.39, 0.29) is 28.7 Å². The topological polar surface area (TPSA) is 79.0 Å². The molecule has 8 heteroatoms. The smallest absolute Gasteiger partial charge is 0.251 e. The van der Waals surface area contributed by atoms with Crippen molar-refractivity contribution in [1.29, 1.82) is 0 Å². The van der Waals surface area contributed by atoms with Gasteiger partial charge in [-0.2, -0.15) is 4.31 Å². The highest BCUT2D eigenvalue weighted by molar-refractivity contribution is 7.89. The van der Waals surface area contributed by atoms with Crippen molar-refractivity contribution < 1.29 is 17.9 Å². The number of nitrogens with zero attached hydrogens (tertiary/aromatic N) is 2. The lowest BCUT2D eigenvalue weighted by Gasteiger charge is -2.20. The molecule has 0 bridgehead atoms. The van der Waals surface area contributed by atoms with Gasteiger partial charge < -0.3 is 15.0 Å². The van der Waals surface area contributed by atoms with Crippen molar-refractivity contribution in [2.45, 2.75) is 24.3 Å². The van der Waals surface area contributed by atoms with Gasteiger partial charge in [0.1, 0.15) is 10.6 Å². The lowest BCUT2D eigenvalue weighted by atomic mass is 10.2. The second-order valence-corrected chi connectivity index (χ2v) is 10.3. The van der Waals surface area contributed by atoms with Gasteiger partial charge in [-0.05, 0) is 48.7 Å². The first kappa shape index (κ1) is 26.2. The van der Waals surface area contributed by atoms with Gasteiger partial charge in [0, 0.05) is 45.0 Å². The quantitative estimate of drug-likeness (QED) is 0.382. The van der Waals surface area contributed by atoms with E-state index in [1.54, 1.807) is 6.07 Å². The van der Waals surface area contributed by atoms with Crippen molar-refractivity contribution in [1.82, 2.24) is 9.62 Å². The molecule has 0 atom stereocenters. The van der Waals surface area contributed by atoms with Crippen LogP contribution in [0.5, 0.6) is 5.75 Å². The van der Waals surface area contributed by atoms with Gasteiger partial charge in [0.25, 0.3) is 5.91 Å². The van der Waals surface area contributed by atoms with Gasteiger partial charge in [-0.3, -0.25) is 4.79 Å². The fourth-order valence-corrected chi connectivity index (χ4v) is 5.04. The first-order chi connectivity index (χ1) is 16.8. The predicted octanol–water partition coefficient (Wildman–Crippen LogP) is 4.16. The fraction of sp³-hybridized carbons (Fsp3) is 0.296. The summed E-state index contributed by atoms with van der Waals surface area (Å²) in [5.41, 5.74) is 2.30. The Kier molecular flexibility index (Phi) is 9.28. The number of ether oxygens (including phenoxy) is 1. The van der Waals surface area contributed by atoms with Crippen molar-refractivity contribution in [2.75, 3.05) is 39.2 Å². The van der Waals surface area contributed by atoms with Crippen molar-refractivity contribution >= 4 is 21.6 Å². The molecule has 0 spiro atoms. The highest BCUT2D eigenvalue weighted by atomic mass is 32.2. The summed E-state index contributed by atoms with van der Waals surface area (Å²) in [5.74, 6) is -0.114. The van der Waals surface area contributed by atoms with Crippen LogP contribution in [0.2, 0.25) is 0 Å². The summed E-state index contributed by atoms with van der Waals surface area (Å²) in [6.45, 7) is 1.59. The molecular weight excluding hydrogens is 462 g/mol. The molecular formula is C27H33N3O4S. The summed E-state index contributed by atoms with van der Waals surface area (Å²) in [5, 5.41) is 2.89. The van der Waals surface area contributed by atoms with Crippen LogP contribution in [0.4, 0.5) is 5.69 Å². The third-order valence-electron chi connectivity index (χ3n) is 5.76.